The molecule has 6 heteroatoms. The van der Waals surface area contributed by atoms with Gasteiger partial charge in [-0.25, -0.2) is 13.8 Å². The maximum absolute atomic E-state index is 13.6. The number of hydrazone groups is 1. The third kappa shape index (κ3) is 2.90. The van der Waals surface area contributed by atoms with E-state index in [2.05, 4.69) is 15.5 Å². The van der Waals surface area contributed by atoms with Gasteiger partial charge in [-0.2, -0.15) is 5.10 Å². The van der Waals surface area contributed by atoms with Gasteiger partial charge in [-0.3, -0.25) is 5.43 Å². The lowest BCUT2D eigenvalue weighted by molar-refractivity contribution is 0.598. The van der Waals surface area contributed by atoms with Gasteiger partial charge in [-0.1, -0.05) is 23.5 Å². The van der Waals surface area contributed by atoms with Crippen molar-refractivity contribution < 1.29 is 8.78 Å². The van der Waals surface area contributed by atoms with Gasteiger partial charge in [-0.05, 0) is 37.3 Å². The van der Waals surface area contributed by atoms with E-state index in [0.717, 1.165) is 28.4 Å². The quantitative estimate of drug-likeness (QED) is 0.575. The van der Waals surface area contributed by atoms with Crippen molar-refractivity contribution in [3.05, 3.63) is 59.7 Å². The van der Waals surface area contributed by atoms with Crippen molar-refractivity contribution in [2.45, 2.75) is 6.92 Å². The third-order valence-electron chi connectivity index (χ3n) is 2.93. The van der Waals surface area contributed by atoms with Crippen LogP contribution in [-0.2, 0) is 0 Å². The fourth-order valence-corrected chi connectivity index (χ4v) is 2.70. The van der Waals surface area contributed by atoms with Crippen molar-refractivity contribution in [3.63, 3.8) is 0 Å². The van der Waals surface area contributed by atoms with Gasteiger partial charge in [0.2, 0.25) is 5.13 Å². The van der Waals surface area contributed by atoms with E-state index in [1.54, 1.807) is 6.92 Å². The zero-order chi connectivity index (χ0) is 14.8. The van der Waals surface area contributed by atoms with Crippen molar-refractivity contribution in [3.8, 4) is 0 Å². The van der Waals surface area contributed by atoms with Gasteiger partial charge in [0.1, 0.15) is 11.6 Å². The normalized spacial score (nSPS) is 11.9. The highest BCUT2D eigenvalue weighted by molar-refractivity contribution is 7.22. The first-order valence-corrected chi connectivity index (χ1v) is 7.06. The number of thiazole rings is 1. The highest BCUT2D eigenvalue weighted by atomic mass is 32.1. The molecule has 21 heavy (non-hydrogen) atoms. The van der Waals surface area contributed by atoms with Crippen LogP contribution < -0.4 is 5.43 Å². The Balaban J connectivity index is 1.86. The summed E-state index contributed by atoms with van der Waals surface area (Å²) in [6.45, 7) is 1.61. The van der Waals surface area contributed by atoms with Crippen LogP contribution in [0.3, 0.4) is 0 Å². The first-order valence-electron chi connectivity index (χ1n) is 6.25. The molecule has 0 aliphatic heterocycles. The summed E-state index contributed by atoms with van der Waals surface area (Å²) in [5, 5.41) is 4.67. The molecular formula is C15H11F2N3S. The van der Waals surface area contributed by atoms with E-state index in [9.17, 15) is 8.78 Å². The molecule has 0 atom stereocenters. The van der Waals surface area contributed by atoms with Gasteiger partial charge in [0.15, 0.2) is 0 Å². The monoisotopic (exact) mass is 303 g/mol. The van der Waals surface area contributed by atoms with E-state index in [1.165, 1.54) is 11.3 Å². The van der Waals surface area contributed by atoms with E-state index < -0.39 is 11.6 Å². The molecule has 0 fully saturated rings. The molecule has 0 saturated heterocycles. The Morgan fingerprint density at radius 1 is 1.19 bits per heavy atom. The topological polar surface area (TPSA) is 37.3 Å². The molecule has 3 nitrogen and oxygen atoms in total. The summed E-state index contributed by atoms with van der Waals surface area (Å²) >= 11 is 1.44. The standard InChI is InChI=1S/C15H11F2N3S/c1-9(11-8-10(16)6-7-12(11)17)19-20-15-18-13-4-2-3-5-14(13)21-15/h2-8H,1H3,(H,18,20)/b19-9-. The van der Waals surface area contributed by atoms with Gasteiger partial charge >= 0.3 is 0 Å². The summed E-state index contributed by atoms with van der Waals surface area (Å²) in [7, 11) is 0. The average molecular weight is 303 g/mol. The first-order chi connectivity index (χ1) is 10.1. The molecular weight excluding hydrogens is 292 g/mol. The summed E-state index contributed by atoms with van der Waals surface area (Å²) in [5.74, 6) is -1.01. The van der Waals surface area contributed by atoms with E-state index in [0.29, 0.717) is 10.8 Å². The minimum absolute atomic E-state index is 0.128. The van der Waals surface area contributed by atoms with Crippen LogP contribution in [-0.4, -0.2) is 10.7 Å². The lowest BCUT2D eigenvalue weighted by Gasteiger charge is -2.03. The van der Waals surface area contributed by atoms with Crippen molar-refractivity contribution in [2.75, 3.05) is 5.43 Å². The van der Waals surface area contributed by atoms with E-state index in [4.69, 9.17) is 0 Å². The molecule has 0 amide bonds. The van der Waals surface area contributed by atoms with Gasteiger partial charge in [0.05, 0.1) is 15.9 Å². The Labute approximate surface area is 124 Å². The number of benzene rings is 2. The summed E-state index contributed by atoms with van der Waals surface area (Å²) in [4.78, 5) is 4.35. The number of fused-ring (bicyclic) bond motifs is 1. The molecule has 1 aromatic heterocycles. The third-order valence-corrected chi connectivity index (χ3v) is 3.87. The van der Waals surface area contributed by atoms with Crippen LogP contribution in [0, 0.1) is 11.6 Å². The summed E-state index contributed by atoms with van der Waals surface area (Å²) in [6.07, 6.45) is 0. The van der Waals surface area contributed by atoms with Crippen LogP contribution in [0.25, 0.3) is 10.2 Å². The van der Waals surface area contributed by atoms with Crippen LogP contribution >= 0.6 is 11.3 Å². The Hall–Kier alpha value is -2.34. The van der Waals surface area contributed by atoms with Crippen molar-refractivity contribution in [2.24, 2.45) is 5.10 Å². The van der Waals surface area contributed by atoms with Gasteiger partial charge in [0, 0.05) is 5.56 Å². The number of halogens is 2. The van der Waals surface area contributed by atoms with Crippen LogP contribution in [0.15, 0.2) is 47.6 Å². The largest absolute Gasteiger partial charge is 0.252 e. The zero-order valence-corrected chi connectivity index (χ0v) is 11.9. The molecule has 2 aromatic carbocycles. The second kappa shape index (κ2) is 5.57. The molecule has 3 rings (SSSR count). The fourth-order valence-electron chi connectivity index (χ4n) is 1.89. The number of anilines is 1. The van der Waals surface area contributed by atoms with Crippen LogP contribution in [0.2, 0.25) is 0 Å². The highest BCUT2D eigenvalue weighted by Crippen LogP contribution is 2.25. The molecule has 1 N–H and O–H groups in total. The Morgan fingerprint density at radius 3 is 2.81 bits per heavy atom. The predicted octanol–water partition coefficient (Wildman–Crippen LogP) is 4.41. The van der Waals surface area contributed by atoms with Crippen molar-refractivity contribution in [1.82, 2.24) is 4.98 Å². The number of hydrogen-bond acceptors (Lipinski definition) is 4. The van der Waals surface area contributed by atoms with Crippen LogP contribution in [0.1, 0.15) is 12.5 Å². The Kier molecular flexibility index (Phi) is 3.62. The first kappa shape index (κ1) is 13.6. The molecule has 0 radical (unpaired) electrons. The fraction of sp³-hybridized carbons (Fsp3) is 0.0667. The molecule has 0 aliphatic rings. The second-order valence-electron chi connectivity index (χ2n) is 4.42. The minimum Gasteiger partial charge on any atom is -0.252 e. The van der Waals surface area contributed by atoms with E-state index in [1.807, 2.05) is 24.3 Å². The number of nitrogens with zero attached hydrogens (tertiary/aromatic N) is 2. The van der Waals surface area contributed by atoms with Crippen molar-refractivity contribution in [1.29, 1.82) is 0 Å². The summed E-state index contributed by atoms with van der Waals surface area (Å²) < 4.78 is 27.8. The number of rotatable bonds is 3. The number of aromatic nitrogens is 1. The van der Waals surface area contributed by atoms with E-state index >= 15 is 0 Å². The molecule has 0 unspecified atom stereocenters. The van der Waals surface area contributed by atoms with Crippen LogP contribution in [0.5, 0.6) is 0 Å². The summed E-state index contributed by atoms with van der Waals surface area (Å²) in [6, 6.07) is 11.0. The molecule has 1 heterocycles. The molecule has 106 valence electrons. The maximum atomic E-state index is 13.6. The Morgan fingerprint density at radius 2 is 2.00 bits per heavy atom. The summed E-state index contributed by atoms with van der Waals surface area (Å²) in [5.41, 5.74) is 4.14. The number of hydrogen-bond donors (Lipinski definition) is 1. The number of nitrogens with one attached hydrogen (secondary N) is 1. The smallest absolute Gasteiger partial charge is 0.204 e. The molecule has 0 bridgehead atoms. The lowest BCUT2D eigenvalue weighted by Crippen LogP contribution is -2.03. The Bertz CT molecular complexity index is 794. The van der Waals surface area contributed by atoms with Gasteiger partial charge in [0.25, 0.3) is 0 Å². The van der Waals surface area contributed by atoms with Crippen LogP contribution in [0.4, 0.5) is 13.9 Å². The molecule has 0 saturated carbocycles. The van der Waals surface area contributed by atoms with Crippen molar-refractivity contribution >= 4 is 32.4 Å². The predicted molar refractivity (Wildman–Crippen MR) is 81.8 cm³/mol. The lowest BCUT2D eigenvalue weighted by atomic mass is 10.1. The van der Waals surface area contributed by atoms with E-state index in [-0.39, 0.29) is 5.56 Å². The van der Waals surface area contributed by atoms with Gasteiger partial charge in [-0.15, -0.1) is 0 Å². The average Bonchev–Trinajstić information content (AvgIpc) is 2.90. The van der Waals surface area contributed by atoms with Gasteiger partial charge < -0.3 is 0 Å². The maximum Gasteiger partial charge on any atom is 0.204 e. The minimum atomic E-state index is -0.510. The number of para-hydroxylation sites is 1. The molecule has 0 spiro atoms. The highest BCUT2D eigenvalue weighted by Gasteiger charge is 2.08. The molecule has 3 aromatic rings. The zero-order valence-electron chi connectivity index (χ0n) is 11.1. The SMILES string of the molecule is C/C(=N/Nc1nc2ccccc2s1)c1cc(F)ccc1F. The second-order valence-corrected chi connectivity index (χ2v) is 5.45. The molecule has 0 aliphatic carbocycles.